The van der Waals surface area contributed by atoms with Crippen molar-refractivity contribution in [1.82, 2.24) is 9.88 Å². The summed E-state index contributed by atoms with van der Waals surface area (Å²) in [7, 11) is 3.24. The molecule has 0 aliphatic heterocycles. The highest BCUT2D eigenvalue weighted by atomic mass is 35.5. The van der Waals surface area contributed by atoms with Crippen LogP contribution in [0, 0.1) is 0 Å². The normalized spacial score (nSPS) is 11.1. The van der Waals surface area contributed by atoms with E-state index in [1.807, 2.05) is 13.8 Å². The molecule has 94 valence electrons. The van der Waals surface area contributed by atoms with Crippen LogP contribution in [0.1, 0.15) is 24.2 Å². The molecule has 17 heavy (non-hydrogen) atoms. The second-order valence-electron chi connectivity index (χ2n) is 4.39. The van der Waals surface area contributed by atoms with E-state index in [4.69, 9.17) is 16.3 Å². The molecule has 0 saturated heterocycles. The largest absolute Gasteiger partial charge is 0.494 e. The van der Waals surface area contributed by atoms with Crippen LogP contribution in [0.4, 0.5) is 0 Å². The van der Waals surface area contributed by atoms with Crippen LogP contribution in [0.25, 0.3) is 0 Å². The zero-order valence-corrected chi connectivity index (χ0v) is 11.3. The molecular formula is C12H17ClN2O2. The predicted octanol–water partition coefficient (Wildman–Crippen LogP) is 2.18. The minimum Gasteiger partial charge on any atom is -0.494 e. The minimum absolute atomic E-state index is 0.130. The van der Waals surface area contributed by atoms with E-state index in [0.29, 0.717) is 17.2 Å². The summed E-state index contributed by atoms with van der Waals surface area (Å²) in [4.78, 5) is 17.8. The van der Waals surface area contributed by atoms with Gasteiger partial charge in [0.25, 0.3) is 5.91 Å². The lowest BCUT2D eigenvalue weighted by Gasteiger charge is -2.34. The molecule has 5 heteroatoms. The van der Waals surface area contributed by atoms with E-state index in [0.717, 1.165) is 0 Å². The van der Waals surface area contributed by atoms with Crippen LogP contribution in [-0.2, 0) is 0 Å². The molecule has 0 aliphatic carbocycles. The number of carbonyl (C=O) groups is 1. The van der Waals surface area contributed by atoms with Crippen LogP contribution in [0.3, 0.4) is 0 Å². The van der Waals surface area contributed by atoms with Crippen LogP contribution in [0.5, 0.6) is 5.75 Å². The van der Waals surface area contributed by atoms with E-state index in [1.165, 1.54) is 13.3 Å². The Morgan fingerprint density at radius 3 is 2.76 bits per heavy atom. The van der Waals surface area contributed by atoms with Crippen molar-refractivity contribution in [3.63, 3.8) is 0 Å². The quantitative estimate of drug-likeness (QED) is 0.776. The lowest BCUT2D eigenvalue weighted by atomic mass is 10.0. The maximum Gasteiger partial charge on any atom is 0.257 e. The summed E-state index contributed by atoms with van der Waals surface area (Å²) in [5.74, 6) is 0.701. The summed E-state index contributed by atoms with van der Waals surface area (Å²) in [6.45, 7) is 3.82. The number of ether oxygens (including phenoxy) is 1. The first-order chi connectivity index (χ1) is 7.94. The molecule has 0 spiro atoms. The van der Waals surface area contributed by atoms with Gasteiger partial charge in [-0.15, -0.1) is 11.6 Å². The zero-order chi connectivity index (χ0) is 13.1. The van der Waals surface area contributed by atoms with Gasteiger partial charge >= 0.3 is 0 Å². The van der Waals surface area contributed by atoms with Gasteiger partial charge in [-0.2, -0.15) is 0 Å². The van der Waals surface area contributed by atoms with Crippen LogP contribution in [0.2, 0.25) is 0 Å². The Kier molecular flexibility index (Phi) is 4.34. The van der Waals surface area contributed by atoms with Gasteiger partial charge in [0.1, 0.15) is 5.75 Å². The Balaban J connectivity index is 3.04. The molecule has 0 saturated carbocycles. The highest BCUT2D eigenvalue weighted by Crippen LogP contribution is 2.22. The fraction of sp³-hybridized carbons (Fsp3) is 0.500. The van der Waals surface area contributed by atoms with Gasteiger partial charge in [0.05, 0.1) is 24.4 Å². The van der Waals surface area contributed by atoms with Crippen molar-refractivity contribution >= 4 is 17.5 Å². The molecule has 1 rings (SSSR count). The van der Waals surface area contributed by atoms with Gasteiger partial charge < -0.3 is 9.64 Å². The summed E-state index contributed by atoms with van der Waals surface area (Å²) in [5.41, 5.74) is 0.0793. The van der Waals surface area contributed by atoms with Gasteiger partial charge in [-0.25, -0.2) is 0 Å². The molecule has 0 fully saturated rings. The molecule has 0 bridgehead atoms. The number of aromatic nitrogens is 1. The van der Waals surface area contributed by atoms with Gasteiger partial charge in [0.15, 0.2) is 0 Å². The summed E-state index contributed by atoms with van der Waals surface area (Å²) in [6.07, 6.45) is 3.09. The van der Waals surface area contributed by atoms with E-state index >= 15 is 0 Å². The molecule has 1 heterocycles. The third kappa shape index (κ3) is 2.88. The molecule has 0 N–H and O–H groups in total. The molecule has 1 aromatic rings. The van der Waals surface area contributed by atoms with Crippen molar-refractivity contribution < 1.29 is 9.53 Å². The van der Waals surface area contributed by atoms with Crippen molar-refractivity contribution in [3.05, 3.63) is 24.0 Å². The first-order valence-electron chi connectivity index (χ1n) is 5.26. The highest BCUT2D eigenvalue weighted by Gasteiger charge is 2.28. The zero-order valence-electron chi connectivity index (χ0n) is 10.5. The Morgan fingerprint density at radius 1 is 1.59 bits per heavy atom. The molecule has 0 radical (unpaired) electrons. The monoisotopic (exact) mass is 256 g/mol. The van der Waals surface area contributed by atoms with Crippen molar-refractivity contribution in [2.45, 2.75) is 19.4 Å². The Hall–Kier alpha value is -1.29. The average Bonchev–Trinajstić information content (AvgIpc) is 2.36. The van der Waals surface area contributed by atoms with Crippen LogP contribution in [0.15, 0.2) is 18.5 Å². The van der Waals surface area contributed by atoms with Crippen LogP contribution >= 0.6 is 11.6 Å². The average molecular weight is 257 g/mol. The topological polar surface area (TPSA) is 42.4 Å². The number of halogens is 1. The molecule has 4 nitrogen and oxygen atoms in total. The molecule has 1 amide bonds. The van der Waals surface area contributed by atoms with Gasteiger partial charge in [0.2, 0.25) is 0 Å². The number of amides is 1. The minimum atomic E-state index is -0.410. The Labute approximate surface area is 107 Å². The van der Waals surface area contributed by atoms with Gasteiger partial charge in [-0.3, -0.25) is 9.78 Å². The van der Waals surface area contributed by atoms with E-state index in [1.54, 1.807) is 24.2 Å². The number of nitrogens with zero attached hydrogens (tertiary/aromatic N) is 2. The van der Waals surface area contributed by atoms with Crippen molar-refractivity contribution in [1.29, 1.82) is 0 Å². The number of alkyl halides is 1. The first kappa shape index (κ1) is 13.8. The standard InChI is InChI=1S/C12H17ClN2O2/c1-12(2,8-13)15(3)11(16)9-5-6-14-7-10(9)17-4/h5-7H,8H2,1-4H3. The number of hydrogen-bond donors (Lipinski definition) is 0. The second-order valence-corrected chi connectivity index (χ2v) is 4.65. The smallest absolute Gasteiger partial charge is 0.257 e. The third-order valence-electron chi connectivity index (χ3n) is 2.77. The lowest BCUT2D eigenvalue weighted by Crippen LogP contribution is -2.46. The number of carbonyl (C=O) groups excluding carboxylic acids is 1. The fourth-order valence-corrected chi connectivity index (χ4v) is 1.44. The van der Waals surface area contributed by atoms with Crippen LogP contribution in [-0.4, -0.2) is 41.4 Å². The molecule has 0 atom stereocenters. The maximum absolute atomic E-state index is 12.3. The van der Waals surface area contributed by atoms with E-state index in [-0.39, 0.29) is 5.91 Å². The molecule has 0 unspecified atom stereocenters. The van der Waals surface area contributed by atoms with Crippen molar-refractivity contribution in [2.75, 3.05) is 20.0 Å². The van der Waals surface area contributed by atoms with E-state index < -0.39 is 5.54 Å². The maximum atomic E-state index is 12.3. The second kappa shape index (κ2) is 5.36. The fourth-order valence-electron chi connectivity index (χ4n) is 1.26. The van der Waals surface area contributed by atoms with Crippen LogP contribution < -0.4 is 4.74 Å². The van der Waals surface area contributed by atoms with Gasteiger partial charge in [0, 0.05) is 19.1 Å². The summed E-state index contributed by atoms with van der Waals surface area (Å²) in [5, 5.41) is 0. The Morgan fingerprint density at radius 2 is 2.24 bits per heavy atom. The third-order valence-corrected chi connectivity index (χ3v) is 3.43. The lowest BCUT2D eigenvalue weighted by molar-refractivity contribution is 0.0656. The summed E-state index contributed by atoms with van der Waals surface area (Å²) in [6, 6.07) is 1.64. The predicted molar refractivity (Wildman–Crippen MR) is 67.7 cm³/mol. The van der Waals surface area contributed by atoms with Crippen molar-refractivity contribution in [2.24, 2.45) is 0 Å². The number of hydrogen-bond acceptors (Lipinski definition) is 3. The number of rotatable bonds is 4. The molecule has 1 aromatic heterocycles. The van der Waals surface area contributed by atoms with Crippen molar-refractivity contribution in [3.8, 4) is 5.75 Å². The Bertz CT molecular complexity index is 407. The van der Waals surface area contributed by atoms with E-state index in [2.05, 4.69) is 4.98 Å². The van der Waals surface area contributed by atoms with Gasteiger partial charge in [-0.05, 0) is 19.9 Å². The summed E-state index contributed by atoms with van der Waals surface area (Å²) >= 11 is 5.86. The van der Waals surface area contributed by atoms with Gasteiger partial charge in [-0.1, -0.05) is 0 Å². The molecule has 0 aromatic carbocycles. The SMILES string of the molecule is COc1cnccc1C(=O)N(C)C(C)(C)CCl. The first-order valence-corrected chi connectivity index (χ1v) is 5.79. The summed E-state index contributed by atoms with van der Waals surface area (Å²) < 4.78 is 5.12. The van der Waals surface area contributed by atoms with E-state index in [9.17, 15) is 4.79 Å². The molecular weight excluding hydrogens is 240 g/mol. The highest BCUT2D eigenvalue weighted by molar-refractivity contribution is 6.18. The molecule has 0 aliphatic rings. The number of methoxy groups -OCH3 is 1. The number of pyridine rings is 1.